The van der Waals surface area contributed by atoms with E-state index in [4.69, 9.17) is 0 Å². The van der Waals surface area contributed by atoms with Gasteiger partial charge in [-0.15, -0.1) is 0 Å². The van der Waals surface area contributed by atoms with Crippen molar-refractivity contribution in [1.82, 2.24) is 14.8 Å². The Morgan fingerprint density at radius 1 is 1.03 bits per heavy atom. The van der Waals surface area contributed by atoms with Gasteiger partial charge in [0, 0.05) is 30.1 Å². The molecule has 5 heteroatoms. The smallest absolute Gasteiger partial charge is 0.245 e. The van der Waals surface area contributed by atoms with Crippen LogP contribution in [0.1, 0.15) is 40.4 Å². The standard InChI is InChI=1S/C24H23N3O2/c1-26-13-21(28)27-20(24(26)29)12-18-17-7-2-3-8-19(17)25-22(18)23(27)16-10-9-14-5-4-6-15(14)11-16/h2-3,7-11,20,23,25H,4-6,12-13H2,1H3/t20-,23-/m1/s1. The molecule has 2 amide bonds. The molecule has 29 heavy (non-hydrogen) atoms. The Morgan fingerprint density at radius 2 is 1.86 bits per heavy atom. The minimum Gasteiger partial charge on any atom is -0.356 e. The molecule has 146 valence electrons. The summed E-state index contributed by atoms with van der Waals surface area (Å²) >= 11 is 0. The molecule has 1 saturated heterocycles. The summed E-state index contributed by atoms with van der Waals surface area (Å²) in [6.07, 6.45) is 3.98. The number of aryl methyl sites for hydroxylation is 2. The van der Waals surface area contributed by atoms with Gasteiger partial charge >= 0.3 is 0 Å². The van der Waals surface area contributed by atoms with E-state index >= 15 is 0 Å². The van der Waals surface area contributed by atoms with E-state index in [2.05, 4.69) is 35.3 Å². The van der Waals surface area contributed by atoms with Crippen LogP contribution in [0.15, 0.2) is 42.5 Å². The number of carbonyl (C=O) groups is 2. The van der Waals surface area contributed by atoms with Crippen molar-refractivity contribution in [1.29, 1.82) is 0 Å². The average molecular weight is 385 g/mol. The van der Waals surface area contributed by atoms with Crippen molar-refractivity contribution < 1.29 is 9.59 Å². The number of aromatic nitrogens is 1. The second-order valence-electron chi connectivity index (χ2n) is 8.56. The molecule has 0 radical (unpaired) electrons. The normalized spacial score (nSPS) is 23.3. The summed E-state index contributed by atoms with van der Waals surface area (Å²) in [4.78, 5) is 33.2. The van der Waals surface area contributed by atoms with Crippen molar-refractivity contribution >= 4 is 22.7 Å². The summed E-state index contributed by atoms with van der Waals surface area (Å²) in [6, 6.07) is 14.2. The Morgan fingerprint density at radius 3 is 2.76 bits per heavy atom. The summed E-state index contributed by atoms with van der Waals surface area (Å²) < 4.78 is 0. The van der Waals surface area contributed by atoms with Crippen LogP contribution in [0.25, 0.3) is 10.9 Å². The van der Waals surface area contributed by atoms with E-state index in [1.54, 1.807) is 11.9 Å². The SMILES string of the molecule is CN1CC(=O)N2[C@H](c3ccc4c(c3)CCC4)c3[nH]c4ccccc4c3C[C@@H]2C1=O. The first-order chi connectivity index (χ1) is 14.1. The van der Waals surface area contributed by atoms with Gasteiger partial charge in [-0.3, -0.25) is 9.59 Å². The molecule has 3 aromatic rings. The summed E-state index contributed by atoms with van der Waals surface area (Å²) in [5, 5.41) is 1.15. The number of nitrogens with zero attached hydrogens (tertiary/aromatic N) is 2. The molecule has 3 heterocycles. The van der Waals surface area contributed by atoms with Gasteiger partial charge in [0.15, 0.2) is 0 Å². The number of hydrogen-bond donors (Lipinski definition) is 1. The fourth-order valence-corrected chi connectivity index (χ4v) is 5.51. The Balaban J connectivity index is 1.59. The summed E-state index contributed by atoms with van der Waals surface area (Å²) in [5.41, 5.74) is 7.20. The molecule has 1 fully saturated rings. The maximum Gasteiger partial charge on any atom is 0.245 e. The summed E-state index contributed by atoms with van der Waals surface area (Å²) in [7, 11) is 1.73. The number of carbonyl (C=O) groups excluding carboxylic acids is 2. The Labute approximate surface area is 169 Å². The molecule has 1 aromatic heterocycles. The molecule has 2 atom stereocenters. The number of rotatable bonds is 1. The predicted octanol–water partition coefficient (Wildman–Crippen LogP) is 2.97. The van der Waals surface area contributed by atoms with Crippen LogP contribution in [0.3, 0.4) is 0 Å². The Bertz CT molecular complexity index is 1180. The molecule has 0 unspecified atom stereocenters. The molecule has 0 spiro atoms. The molecule has 2 aliphatic heterocycles. The lowest BCUT2D eigenvalue weighted by Crippen LogP contribution is -2.62. The Hall–Kier alpha value is -3.08. The van der Waals surface area contributed by atoms with Gasteiger partial charge in [-0.25, -0.2) is 0 Å². The van der Waals surface area contributed by atoms with Crippen LogP contribution >= 0.6 is 0 Å². The van der Waals surface area contributed by atoms with E-state index in [0.29, 0.717) is 6.42 Å². The lowest BCUT2D eigenvalue weighted by Gasteiger charge is -2.46. The zero-order valence-electron chi connectivity index (χ0n) is 16.4. The molecule has 1 aliphatic carbocycles. The van der Waals surface area contributed by atoms with Crippen LogP contribution < -0.4 is 0 Å². The minimum absolute atomic E-state index is 0.0203. The van der Waals surface area contributed by atoms with Crippen molar-refractivity contribution in [2.24, 2.45) is 0 Å². The van der Waals surface area contributed by atoms with Crippen molar-refractivity contribution in [3.05, 3.63) is 70.4 Å². The first-order valence-electron chi connectivity index (χ1n) is 10.4. The van der Waals surface area contributed by atoms with E-state index in [9.17, 15) is 9.59 Å². The monoisotopic (exact) mass is 385 g/mol. The summed E-state index contributed by atoms with van der Waals surface area (Å²) in [5.74, 6) is 0.0543. The van der Waals surface area contributed by atoms with Gasteiger partial charge in [-0.05, 0) is 47.6 Å². The fourth-order valence-electron chi connectivity index (χ4n) is 5.51. The van der Waals surface area contributed by atoms with Crippen molar-refractivity contribution in [2.45, 2.75) is 37.8 Å². The third-order valence-corrected chi connectivity index (χ3v) is 6.89. The van der Waals surface area contributed by atoms with Crippen LogP contribution in [0.4, 0.5) is 0 Å². The molecule has 3 aliphatic rings. The van der Waals surface area contributed by atoms with E-state index in [0.717, 1.165) is 35.0 Å². The number of hydrogen-bond acceptors (Lipinski definition) is 2. The summed E-state index contributed by atoms with van der Waals surface area (Å²) in [6.45, 7) is 0.145. The molecular formula is C24H23N3O2. The number of likely N-dealkylation sites (N-methyl/N-ethyl adjacent to an activating group) is 1. The molecule has 0 saturated carbocycles. The van der Waals surface area contributed by atoms with E-state index in [-0.39, 0.29) is 24.4 Å². The second kappa shape index (κ2) is 5.96. The van der Waals surface area contributed by atoms with Crippen LogP contribution in [0.2, 0.25) is 0 Å². The second-order valence-corrected chi connectivity index (χ2v) is 8.56. The minimum atomic E-state index is -0.439. The largest absolute Gasteiger partial charge is 0.356 e. The van der Waals surface area contributed by atoms with Crippen LogP contribution in [0, 0.1) is 0 Å². The third-order valence-electron chi connectivity index (χ3n) is 6.89. The lowest BCUT2D eigenvalue weighted by molar-refractivity contribution is -0.157. The number of nitrogens with one attached hydrogen (secondary N) is 1. The number of piperazine rings is 1. The topological polar surface area (TPSA) is 56.4 Å². The molecule has 1 N–H and O–H groups in total. The van der Waals surface area contributed by atoms with Gasteiger partial charge in [0.2, 0.25) is 11.8 Å². The highest BCUT2D eigenvalue weighted by Crippen LogP contribution is 2.43. The zero-order valence-corrected chi connectivity index (χ0v) is 16.4. The fraction of sp³-hybridized carbons (Fsp3) is 0.333. The third kappa shape index (κ3) is 2.33. The van der Waals surface area contributed by atoms with E-state index in [1.165, 1.54) is 23.1 Å². The number of H-pyrrole nitrogens is 1. The Kier molecular flexibility index (Phi) is 3.46. The van der Waals surface area contributed by atoms with E-state index < -0.39 is 6.04 Å². The van der Waals surface area contributed by atoms with Crippen molar-refractivity contribution in [3.8, 4) is 0 Å². The lowest BCUT2D eigenvalue weighted by atomic mass is 9.85. The number of benzene rings is 2. The number of fused-ring (bicyclic) bond motifs is 5. The van der Waals surface area contributed by atoms with Gasteiger partial charge in [0.05, 0.1) is 12.6 Å². The average Bonchev–Trinajstić information content (AvgIpc) is 3.34. The zero-order chi connectivity index (χ0) is 19.7. The first kappa shape index (κ1) is 16.8. The van der Waals surface area contributed by atoms with Crippen molar-refractivity contribution in [3.63, 3.8) is 0 Å². The van der Waals surface area contributed by atoms with Gasteiger partial charge < -0.3 is 14.8 Å². The highest BCUT2D eigenvalue weighted by atomic mass is 16.2. The molecule has 5 nitrogen and oxygen atoms in total. The highest BCUT2D eigenvalue weighted by Gasteiger charge is 2.47. The van der Waals surface area contributed by atoms with Crippen LogP contribution in [0.5, 0.6) is 0 Å². The molecule has 2 aromatic carbocycles. The van der Waals surface area contributed by atoms with Gasteiger partial charge in [-0.1, -0.05) is 36.4 Å². The van der Waals surface area contributed by atoms with Crippen LogP contribution in [-0.2, 0) is 28.9 Å². The van der Waals surface area contributed by atoms with Gasteiger partial charge in [0.1, 0.15) is 6.04 Å². The maximum absolute atomic E-state index is 13.1. The predicted molar refractivity (Wildman–Crippen MR) is 111 cm³/mol. The molecule has 0 bridgehead atoms. The number of aromatic amines is 1. The quantitative estimate of drug-likeness (QED) is 0.700. The van der Waals surface area contributed by atoms with Crippen LogP contribution in [-0.4, -0.2) is 46.2 Å². The molecular weight excluding hydrogens is 362 g/mol. The van der Waals surface area contributed by atoms with E-state index in [1.807, 2.05) is 17.0 Å². The number of amides is 2. The molecule has 6 rings (SSSR count). The van der Waals surface area contributed by atoms with Gasteiger partial charge in [-0.2, -0.15) is 0 Å². The van der Waals surface area contributed by atoms with Crippen molar-refractivity contribution in [2.75, 3.05) is 13.6 Å². The number of para-hydroxylation sites is 1. The first-order valence-corrected chi connectivity index (χ1v) is 10.4. The maximum atomic E-state index is 13.1. The highest BCUT2D eigenvalue weighted by molar-refractivity contribution is 5.97. The van der Waals surface area contributed by atoms with Gasteiger partial charge in [0.25, 0.3) is 0 Å².